The second-order valence-corrected chi connectivity index (χ2v) is 10.9. The first-order valence-corrected chi connectivity index (χ1v) is 12.5. The second-order valence-electron chi connectivity index (χ2n) is 10.9. The van der Waals surface area contributed by atoms with Crippen molar-refractivity contribution in [3.63, 3.8) is 0 Å². The number of nitrogens with zero attached hydrogens (tertiary/aromatic N) is 3. The number of ether oxygens (including phenoxy) is 1. The van der Waals surface area contributed by atoms with Gasteiger partial charge in [0.25, 0.3) is 5.91 Å². The summed E-state index contributed by atoms with van der Waals surface area (Å²) in [5.41, 5.74) is 2.29. The molecule has 3 atom stereocenters. The summed E-state index contributed by atoms with van der Waals surface area (Å²) >= 11 is 0. The Balaban J connectivity index is 1.28. The Hall–Kier alpha value is -2.83. The molecule has 2 fully saturated rings. The van der Waals surface area contributed by atoms with Crippen molar-refractivity contribution in [2.24, 2.45) is 24.8 Å². The van der Waals surface area contributed by atoms with Gasteiger partial charge in [0.05, 0.1) is 17.5 Å². The number of nitrogens with one attached hydrogen (secondary N) is 1. The Bertz CT molecular complexity index is 995. The first kappa shape index (κ1) is 24.3. The van der Waals surface area contributed by atoms with Crippen LogP contribution in [0, 0.1) is 17.8 Å². The minimum absolute atomic E-state index is 0.0408. The van der Waals surface area contributed by atoms with Crippen molar-refractivity contribution in [1.82, 2.24) is 20.0 Å². The molecule has 2 aromatic rings. The monoisotopic (exact) mass is 466 g/mol. The number of benzene rings is 1. The molecular formula is C27H38N4O3. The van der Waals surface area contributed by atoms with Crippen molar-refractivity contribution < 1.29 is 14.3 Å². The van der Waals surface area contributed by atoms with E-state index in [0.29, 0.717) is 36.3 Å². The highest BCUT2D eigenvalue weighted by molar-refractivity contribution is 5.95. The van der Waals surface area contributed by atoms with E-state index in [9.17, 15) is 9.59 Å². The molecule has 1 aromatic carbocycles. The molecule has 2 aliphatic rings. The molecule has 2 heterocycles. The average Bonchev–Trinajstić information content (AvgIpc) is 3.16. The molecule has 1 saturated carbocycles. The van der Waals surface area contributed by atoms with E-state index in [1.165, 1.54) is 0 Å². The number of hydrogen-bond donors (Lipinski definition) is 1. The number of hydrogen-bond acceptors (Lipinski definition) is 4. The van der Waals surface area contributed by atoms with Crippen molar-refractivity contribution in [1.29, 1.82) is 0 Å². The lowest BCUT2D eigenvalue weighted by Gasteiger charge is -2.43. The smallest absolute Gasteiger partial charge is 0.410 e. The van der Waals surface area contributed by atoms with Gasteiger partial charge in [-0.3, -0.25) is 9.48 Å². The first-order valence-electron chi connectivity index (χ1n) is 12.5. The summed E-state index contributed by atoms with van der Waals surface area (Å²) in [7, 11) is 1.89. The maximum Gasteiger partial charge on any atom is 0.410 e. The van der Waals surface area contributed by atoms with Crippen LogP contribution in [0.15, 0.2) is 36.5 Å². The van der Waals surface area contributed by atoms with E-state index in [1.807, 2.05) is 50.9 Å². The number of likely N-dealkylation sites (tertiary alicyclic amines) is 1. The second kappa shape index (κ2) is 10.2. The van der Waals surface area contributed by atoms with Crippen molar-refractivity contribution in [2.45, 2.75) is 58.5 Å². The van der Waals surface area contributed by atoms with Crippen LogP contribution < -0.4 is 5.32 Å². The van der Waals surface area contributed by atoms with Gasteiger partial charge in [0, 0.05) is 33.1 Å². The van der Waals surface area contributed by atoms with E-state index in [-0.39, 0.29) is 12.0 Å². The number of rotatable bonds is 5. The van der Waals surface area contributed by atoms with Gasteiger partial charge in [0.15, 0.2) is 0 Å². The Morgan fingerprint density at radius 2 is 1.88 bits per heavy atom. The zero-order chi connectivity index (χ0) is 24.3. The number of carbonyl (C=O) groups excluding carboxylic acids is 2. The van der Waals surface area contributed by atoms with Crippen molar-refractivity contribution >= 4 is 12.0 Å². The standard InChI is InChI=1S/C27H38N4O3/c1-27(2,3)34-26(33)31-13-12-21-14-20(10-11-22(21)18-31)16-28-25(32)23-17-29-30(4)24(23)15-19-8-6-5-7-9-19/h5-9,17,20-22H,10-16,18H2,1-4H3,(H,28,32). The third-order valence-electron chi connectivity index (χ3n) is 7.20. The maximum absolute atomic E-state index is 13.0. The minimum Gasteiger partial charge on any atom is -0.444 e. The fourth-order valence-corrected chi connectivity index (χ4v) is 5.38. The predicted octanol–water partition coefficient (Wildman–Crippen LogP) is 4.41. The fraction of sp³-hybridized carbons (Fsp3) is 0.593. The molecule has 0 spiro atoms. The van der Waals surface area contributed by atoms with Crippen molar-refractivity contribution in [2.75, 3.05) is 19.6 Å². The summed E-state index contributed by atoms with van der Waals surface area (Å²) in [6.45, 7) is 7.97. The van der Waals surface area contributed by atoms with Crippen LogP contribution in [0.3, 0.4) is 0 Å². The molecule has 1 aliphatic carbocycles. The van der Waals surface area contributed by atoms with Gasteiger partial charge in [0.1, 0.15) is 5.60 Å². The highest BCUT2D eigenvalue weighted by Gasteiger charge is 2.37. The van der Waals surface area contributed by atoms with E-state index in [2.05, 4.69) is 22.5 Å². The van der Waals surface area contributed by atoms with Crippen molar-refractivity contribution in [3.8, 4) is 0 Å². The van der Waals surface area contributed by atoms with Gasteiger partial charge in [-0.15, -0.1) is 0 Å². The van der Waals surface area contributed by atoms with Gasteiger partial charge in [-0.05, 0) is 69.8 Å². The Kier molecular flexibility index (Phi) is 7.29. The van der Waals surface area contributed by atoms with Crippen LogP contribution in [0.5, 0.6) is 0 Å². The summed E-state index contributed by atoms with van der Waals surface area (Å²) < 4.78 is 7.36. The number of piperidine rings is 1. The largest absolute Gasteiger partial charge is 0.444 e. The summed E-state index contributed by atoms with van der Waals surface area (Å²) in [4.78, 5) is 27.3. The Morgan fingerprint density at radius 1 is 1.12 bits per heavy atom. The van der Waals surface area contributed by atoms with Gasteiger partial charge in [0.2, 0.25) is 0 Å². The molecule has 7 heteroatoms. The van der Waals surface area contributed by atoms with E-state index < -0.39 is 5.60 Å². The quantitative estimate of drug-likeness (QED) is 0.708. The third kappa shape index (κ3) is 5.99. The van der Waals surface area contributed by atoms with Crippen LogP contribution >= 0.6 is 0 Å². The zero-order valence-corrected chi connectivity index (χ0v) is 20.9. The van der Waals surface area contributed by atoms with Gasteiger partial charge in [-0.1, -0.05) is 30.3 Å². The number of fused-ring (bicyclic) bond motifs is 1. The number of carbonyl (C=O) groups is 2. The highest BCUT2D eigenvalue weighted by Crippen LogP contribution is 2.39. The average molecular weight is 467 g/mol. The molecule has 7 nitrogen and oxygen atoms in total. The van der Waals surface area contributed by atoms with Crippen LogP contribution in [-0.2, 0) is 18.2 Å². The Labute approximate surface area is 202 Å². The summed E-state index contributed by atoms with van der Waals surface area (Å²) in [6, 6.07) is 10.2. The Morgan fingerprint density at radius 3 is 2.62 bits per heavy atom. The van der Waals surface area contributed by atoms with Gasteiger partial charge in [-0.25, -0.2) is 4.79 Å². The molecule has 1 aromatic heterocycles. The van der Waals surface area contributed by atoms with Crippen LogP contribution in [0.1, 0.15) is 68.1 Å². The van der Waals surface area contributed by atoms with E-state index in [0.717, 1.165) is 50.0 Å². The number of amides is 2. The highest BCUT2D eigenvalue weighted by atomic mass is 16.6. The van der Waals surface area contributed by atoms with E-state index in [1.54, 1.807) is 10.9 Å². The predicted molar refractivity (Wildman–Crippen MR) is 132 cm³/mol. The minimum atomic E-state index is -0.459. The molecule has 1 saturated heterocycles. The molecule has 0 bridgehead atoms. The van der Waals surface area contributed by atoms with Gasteiger partial charge >= 0.3 is 6.09 Å². The van der Waals surface area contributed by atoms with Crippen LogP contribution in [0.25, 0.3) is 0 Å². The maximum atomic E-state index is 13.0. The van der Waals surface area contributed by atoms with Crippen LogP contribution in [-0.4, -0.2) is 51.9 Å². The summed E-state index contributed by atoms with van der Waals surface area (Å²) in [5, 5.41) is 7.52. The van der Waals surface area contributed by atoms with Crippen LogP contribution in [0.4, 0.5) is 4.79 Å². The first-order chi connectivity index (χ1) is 16.2. The molecular weight excluding hydrogens is 428 g/mol. The number of aromatic nitrogens is 2. The van der Waals surface area contributed by atoms with Crippen LogP contribution in [0.2, 0.25) is 0 Å². The molecule has 34 heavy (non-hydrogen) atoms. The van der Waals surface area contributed by atoms with E-state index in [4.69, 9.17) is 4.74 Å². The normalized spacial score (nSPS) is 22.7. The lowest BCUT2D eigenvalue weighted by Crippen LogP contribution is -2.48. The number of aryl methyl sites for hydroxylation is 1. The molecule has 1 aliphatic heterocycles. The van der Waals surface area contributed by atoms with Gasteiger partial charge in [-0.2, -0.15) is 5.10 Å². The molecule has 2 amide bonds. The third-order valence-corrected chi connectivity index (χ3v) is 7.20. The molecule has 4 rings (SSSR count). The SMILES string of the molecule is Cn1ncc(C(=O)NCC2CCC3CN(C(=O)OC(C)(C)C)CCC3C2)c1Cc1ccccc1. The van der Waals surface area contributed by atoms with E-state index >= 15 is 0 Å². The fourth-order valence-electron chi connectivity index (χ4n) is 5.38. The molecule has 0 radical (unpaired) electrons. The summed E-state index contributed by atoms with van der Waals surface area (Å²) in [5.74, 6) is 1.58. The topological polar surface area (TPSA) is 76.5 Å². The van der Waals surface area contributed by atoms with Crippen molar-refractivity contribution in [3.05, 3.63) is 53.3 Å². The molecule has 1 N–H and O–H groups in total. The summed E-state index contributed by atoms with van der Waals surface area (Å²) in [6.07, 6.45) is 6.46. The molecule has 184 valence electrons. The van der Waals surface area contributed by atoms with Gasteiger partial charge < -0.3 is 15.0 Å². The lowest BCUT2D eigenvalue weighted by atomic mass is 9.71. The molecule has 3 unspecified atom stereocenters. The lowest BCUT2D eigenvalue weighted by molar-refractivity contribution is 0.00194. The zero-order valence-electron chi connectivity index (χ0n) is 20.9.